The molecule has 0 aliphatic heterocycles. The summed E-state index contributed by atoms with van der Waals surface area (Å²) in [5.74, 6) is 7.80. The van der Waals surface area contributed by atoms with Crippen LogP contribution < -0.4 is 0 Å². The van der Waals surface area contributed by atoms with Gasteiger partial charge in [-0.2, -0.15) is 0 Å². The monoisotopic (exact) mass is 630 g/mol. The fourth-order valence-electron chi connectivity index (χ4n) is 11.7. The van der Waals surface area contributed by atoms with Gasteiger partial charge in [0.05, 0.1) is 0 Å². The Kier molecular flexibility index (Phi) is 10.3. The van der Waals surface area contributed by atoms with Crippen molar-refractivity contribution in [1.82, 2.24) is 0 Å². The second kappa shape index (κ2) is 12.5. The summed E-state index contributed by atoms with van der Waals surface area (Å²) < 4.78 is 6.01. The van der Waals surface area contributed by atoms with Crippen molar-refractivity contribution in [3.05, 3.63) is 12.2 Å². The molecule has 4 bridgehead atoms. The Hall–Kier alpha value is 0.604. The average Bonchev–Trinajstić information content (AvgIpc) is 2.89. The van der Waals surface area contributed by atoms with Crippen LogP contribution in [0.15, 0.2) is 12.2 Å². The third-order valence-corrected chi connectivity index (χ3v) is 31.7. The van der Waals surface area contributed by atoms with Gasteiger partial charge < -0.3 is 0 Å². The van der Waals surface area contributed by atoms with Gasteiger partial charge in [-0.05, 0) is 0 Å². The zero-order chi connectivity index (χ0) is 27.9. The topological polar surface area (TPSA) is 0 Å². The molecule has 0 spiro atoms. The van der Waals surface area contributed by atoms with E-state index in [1.54, 1.807) is 39.0 Å². The zero-order valence-electron chi connectivity index (χ0n) is 27.6. The number of fused-ring (bicyclic) bond motifs is 4. The predicted octanol–water partition coefficient (Wildman–Crippen LogP) is 12.0. The molecule has 0 unspecified atom stereocenters. The molecule has 0 heterocycles. The summed E-state index contributed by atoms with van der Waals surface area (Å²) >= 11 is -2.48. The molecule has 0 nitrogen and oxygen atoms in total. The van der Waals surface area contributed by atoms with Gasteiger partial charge >= 0.3 is 246 Å². The predicted molar refractivity (Wildman–Crippen MR) is 175 cm³/mol. The maximum absolute atomic E-state index is 2.91. The van der Waals surface area contributed by atoms with Crippen LogP contribution in [0, 0.1) is 46.3 Å². The molecule has 9 atom stereocenters. The summed E-state index contributed by atoms with van der Waals surface area (Å²) in [5.41, 5.74) is 1.21. The molecule has 0 amide bonds. The van der Waals surface area contributed by atoms with Gasteiger partial charge in [-0.25, -0.2) is 0 Å². The molecule has 6 rings (SSSR count). The van der Waals surface area contributed by atoms with Crippen molar-refractivity contribution in [1.29, 1.82) is 0 Å². The van der Waals surface area contributed by atoms with E-state index in [1.807, 2.05) is 0 Å². The average molecular weight is 629 g/mol. The van der Waals surface area contributed by atoms with E-state index >= 15 is 0 Å². The molecular weight excluding hydrogens is 562 g/mol. The van der Waals surface area contributed by atoms with Crippen LogP contribution in [-0.4, -0.2) is 25.1 Å². The molecule has 0 aromatic heterocycles. The summed E-state index contributed by atoms with van der Waals surface area (Å²) in [6.07, 6.45) is 20.4. The van der Waals surface area contributed by atoms with Gasteiger partial charge in [-0.1, -0.05) is 0 Å². The fourth-order valence-corrected chi connectivity index (χ4v) is 31.2. The molecule has 0 N–H and O–H groups in total. The van der Waals surface area contributed by atoms with Gasteiger partial charge in [-0.3, -0.25) is 0 Å². The van der Waals surface area contributed by atoms with E-state index in [0.717, 1.165) is 57.7 Å². The van der Waals surface area contributed by atoms with Crippen LogP contribution in [0.1, 0.15) is 133 Å². The molecule has 2 heteroatoms. The van der Waals surface area contributed by atoms with Crippen LogP contribution >= 0.6 is 0 Å². The Balaban J connectivity index is 1.79. The first-order valence-corrected chi connectivity index (χ1v) is 25.3. The first-order chi connectivity index (χ1) is 18.0. The zero-order valence-corrected chi connectivity index (χ0v) is 30.5. The summed E-state index contributed by atoms with van der Waals surface area (Å²) in [7, 11) is 0. The fraction of sp³-hybridized carbons (Fsp3) is 0.944. The SMILES string of the molecule is C/C=C/[C@H](B([C@@H]1C[C@@H]2C[C@H]([C@H]1C)C2(C)C)[C@@H]1C[C@@H]2C[C@H]([C@H]1C)C2(C)C)[Sn]([CH2]CCC)([CH2]CCC)[CH2]CCC. The molecule has 6 saturated carbocycles. The molecule has 0 radical (unpaired) electrons. The van der Waals surface area contributed by atoms with Crippen molar-refractivity contribution in [2.75, 3.05) is 0 Å². The molecule has 0 aromatic rings. The summed E-state index contributed by atoms with van der Waals surface area (Å²) in [6, 6.07) is 0. The number of unbranched alkanes of at least 4 members (excludes halogenated alkanes) is 3. The molecule has 0 aromatic carbocycles. The summed E-state index contributed by atoms with van der Waals surface area (Å²) in [5, 5.41) is 0. The van der Waals surface area contributed by atoms with Crippen LogP contribution in [0.4, 0.5) is 0 Å². The molecule has 38 heavy (non-hydrogen) atoms. The normalized spacial score (nSPS) is 37.9. The number of hydrogen-bond donors (Lipinski definition) is 0. The van der Waals surface area contributed by atoms with Gasteiger partial charge in [0, 0.05) is 0 Å². The third kappa shape index (κ3) is 5.41. The Labute approximate surface area is 244 Å². The van der Waals surface area contributed by atoms with E-state index in [4.69, 9.17) is 0 Å². The number of allylic oxidation sites excluding steroid dienone is 2. The molecular formula is C36H67BSn. The van der Waals surface area contributed by atoms with Crippen molar-refractivity contribution < 1.29 is 0 Å². The van der Waals surface area contributed by atoms with E-state index in [9.17, 15) is 0 Å². The first-order valence-electron chi connectivity index (χ1n) is 17.6. The standard InChI is InChI=1S/C24H40B.3C4H9.Sn/c1-8-9-10-25(21-13-17-11-19(15(21)2)23(17,4)5)22-14-18-12-20(16(22)3)24(18,6)7;3*1-3-4-2;/h8-10,15-22H,11-14H2,1-7H3;3*1,3-4H2,2H3;/b9-8+;;;;/t15-,16-,17+,18+,19-,20-,21-,22-;;;;/m1..../s1. The molecule has 218 valence electrons. The Morgan fingerprint density at radius 2 is 1.11 bits per heavy atom. The van der Waals surface area contributed by atoms with E-state index in [0.29, 0.717) is 10.8 Å². The van der Waals surface area contributed by atoms with Gasteiger partial charge in [0.1, 0.15) is 0 Å². The minimum absolute atomic E-state index is 0.603. The van der Waals surface area contributed by atoms with Crippen LogP contribution in [0.5, 0.6) is 0 Å². The number of hydrogen-bond acceptors (Lipinski definition) is 0. The van der Waals surface area contributed by atoms with Crippen molar-refractivity contribution >= 4 is 25.1 Å². The van der Waals surface area contributed by atoms with Crippen LogP contribution in [-0.2, 0) is 0 Å². The first kappa shape index (κ1) is 31.5. The quantitative estimate of drug-likeness (QED) is 0.133. The molecule has 6 fully saturated rings. The molecule has 6 aliphatic carbocycles. The Morgan fingerprint density at radius 1 is 0.711 bits per heavy atom. The molecule has 0 saturated heterocycles. The van der Waals surface area contributed by atoms with E-state index < -0.39 is 18.4 Å². The van der Waals surface area contributed by atoms with Gasteiger partial charge in [0.25, 0.3) is 0 Å². The van der Waals surface area contributed by atoms with Crippen LogP contribution in [0.2, 0.25) is 28.8 Å². The molecule has 6 aliphatic rings. The van der Waals surface area contributed by atoms with Crippen molar-refractivity contribution in [2.45, 2.75) is 162 Å². The van der Waals surface area contributed by atoms with Gasteiger partial charge in [0.2, 0.25) is 0 Å². The van der Waals surface area contributed by atoms with E-state index in [1.165, 1.54) is 38.5 Å². The van der Waals surface area contributed by atoms with Crippen LogP contribution in [0.25, 0.3) is 0 Å². The Bertz CT molecular complexity index is 733. The number of rotatable bonds is 14. The van der Waals surface area contributed by atoms with E-state index in [2.05, 4.69) is 81.4 Å². The minimum atomic E-state index is -2.48. The Morgan fingerprint density at radius 3 is 1.39 bits per heavy atom. The van der Waals surface area contributed by atoms with Crippen molar-refractivity contribution in [2.24, 2.45) is 46.3 Å². The van der Waals surface area contributed by atoms with Crippen LogP contribution in [0.3, 0.4) is 0 Å². The van der Waals surface area contributed by atoms with Crippen molar-refractivity contribution in [3.63, 3.8) is 0 Å². The second-order valence-electron chi connectivity index (χ2n) is 16.5. The van der Waals surface area contributed by atoms with E-state index in [-0.39, 0.29) is 0 Å². The maximum atomic E-state index is 2.91. The summed E-state index contributed by atoms with van der Waals surface area (Å²) in [4.78, 5) is 0. The van der Waals surface area contributed by atoms with Crippen molar-refractivity contribution in [3.8, 4) is 0 Å². The van der Waals surface area contributed by atoms with Gasteiger partial charge in [0.15, 0.2) is 0 Å². The third-order valence-electron chi connectivity index (χ3n) is 14.4. The summed E-state index contributed by atoms with van der Waals surface area (Å²) in [6.45, 7) is 26.8. The second-order valence-corrected chi connectivity index (χ2v) is 30.5. The van der Waals surface area contributed by atoms with Gasteiger partial charge in [-0.15, -0.1) is 0 Å².